The van der Waals surface area contributed by atoms with E-state index in [-0.39, 0.29) is 0 Å². The van der Waals surface area contributed by atoms with Crippen LogP contribution in [0.3, 0.4) is 0 Å². The summed E-state index contributed by atoms with van der Waals surface area (Å²) in [5.74, 6) is 0.897. The average Bonchev–Trinajstić information content (AvgIpc) is 3.00. The van der Waals surface area contributed by atoms with Gasteiger partial charge in [-0.1, -0.05) is 0 Å². The van der Waals surface area contributed by atoms with Crippen molar-refractivity contribution in [1.82, 2.24) is 24.6 Å². The summed E-state index contributed by atoms with van der Waals surface area (Å²) in [6, 6.07) is 4.32. The molecule has 0 saturated carbocycles. The first-order valence-electron chi connectivity index (χ1n) is 5.89. The molecule has 1 aliphatic heterocycles. The van der Waals surface area contributed by atoms with E-state index < -0.39 is 0 Å². The standard InChI is InChI=1S/C12H15N5/c1-4-13-12(14-5-1)10-16-8-3-11(9-16)17-7-2-6-15-17/h1-2,4-7,11H,3,8-10H2. The van der Waals surface area contributed by atoms with E-state index >= 15 is 0 Å². The molecule has 1 atom stereocenters. The van der Waals surface area contributed by atoms with Gasteiger partial charge in [-0.05, 0) is 18.6 Å². The van der Waals surface area contributed by atoms with Crippen molar-refractivity contribution in [3.8, 4) is 0 Å². The Labute approximate surface area is 100 Å². The lowest BCUT2D eigenvalue weighted by molar-refractivity contribution is 0.304. The van der Waals surface area contributed by atoms with E-state index in [1.54, 1.807) is 12.4 Å². The first kappa shape index (κ1) is 10.4. The molecular weight excluding hydrogens is 214 g/mol. The third kappa shape index (κ3) is 2.34. The molecule has 0 spiro atoms. The molecule has 17 heavy (non-hydrogen) atoms. The molecule has 2 aromatic rings. The van der Waals surface area contributed by atoms with Crippen LogP contribution in [0.15, 0.2) is 36.9 Å². The Morgan fingerprint density at radius 2 is 2.06 bits per heavy atom. The van der Waals surface area contributed by atoms with Crippen molar-refractivity contribution in [2.24, 2.45) is 0 Å². The summed E-state index contributed by atoms with van der Waals surface area (Å²) in [5.41, 5.74) is 0. The molecule has 1 fully saturated rings. The Morgan fingerprint density at radius 1 is 1.18 bits per heavy atom. The van der Waals surface area contributed by atoms with Crippen LogP contribution in [0.4, 0.5) is 0 Å². The maximum absolute atomic E-state index is 4.30. The van der Waals surface area contributed by atoms with Gasteiger partial charge >= 0.3 is 0 Å². The molecule has 0 aromatic carbocycles. The summed E-state index contributed by atoms with van der Waals surface area (Å²) >= 11 is 0. The van der Waals surface area contributed by atoms with Gasteiger partial charge in [0.15, 0.2) is 0 Å². The second-order valence-electron chi connectivity index (χ2n) is 4.33. The zero-order valence-corrected chi connectivity index (χ0v) is 9.61. The largest absolute Gasteiger partial charge is 0.294 e. The Kier molecular flexibility index (Phi) is 2.83. The van der Waals surface area contributed by atoms with Gasteiger partial charge in [0.25, 0.3) is 0 Å². The van der Waals surface area contributed by atoms with Crippen molar-refractivity contribution in [2.75, 3.05) is 13.1 Å². The third-order valence-corrected chi connectivity index (χ3v) is 3.13. The van der Waals surface area contributed by atoms with Gasteiger partial charge in [0.05, 0.1) is 12.6 Å². The highest BCUT2D eigenvalue weighted by molar-refractivity contribution is 4.91. The van der Waals surface area contributed by atoms with Crippen LogP contribution in [-0.4, -0.2) is 37.7 Å². The quantitative estimate of drug-likeness (QED) is 0.791. The van der Waals surface area contributed by atoms with E-state index in [4.69, 9.17) is 0 Å². The second kappa shape index (κ2) is 4.63. The number of hydrogen-bond acceptors (Lipinski definition) is 4. The molecule has 0 amide bonds. The Hall–Kier alpha value is -1.75. The first-order chi connectivity index (χ1) is 8.42. The van der Waals surface area contributed by atoms with Crippen LogP contribution in [0.2, 0.25) is 0 Å². The van der Waals surface area contributed by atoms with Crippen LogP contribution >= 0.6 is 0 Å². The van der Waals surface area contributed by atoms with E-state index in [0.717, 1.165) is 31.9 Å². The number of nitrogens with zero attached hydrogens (tertiary/aromatic N) is 5. The SMILES string of the molecule is c1cnc(CN2CCC(n3cccn3)C2)nc1. The minimum Gasteiger partial charge on any atom is -0.294 e. The van der Waals surface area contributed by atoms with Gasteiger partial charge < -0.3 is 0 Å². The van der Waals surface area contributed by atoms with Crippen LogP contribution < -0.4 is 0 Å². The van der Waals surface area contributed by atoms with Gasteiger partial charge in [0.1, 0.15) is 5.82 Å². The summed E-state index contributed by atoms with van der Waals surface area (Å²) in [5, 5.41) is 4.30. The molecule has 3 rings (SSSR count). The molecule has 1 aliphatic rings. The van der Waals surface area contributed by atoms with E-state index in [1.165, 1.54) is 0 Å². The van der Waals surface area contributed by atoms with Crippen molar-refractivity contribution in [3.63, 3.8) is 0 Å². The minimum absolute atomic E-state index is 0.494. The predicted molar refractivity (Wildman–Crippen MR) is 63.2 cm³/mol. The molecular formula is C12H15N5. The van der Waals surface area contributed by atoms with Crippen molar-refractivity contribution in [1.29, 1.82) is 0 Å². The Balaban J connectivity index is 1.61. The molecule has 2 aromatic heterocycles. The maximum Gasteiger partial charge on any atom is 0.142 e. The summed E-state index contributed by atoms with van der Waals surface area (Å²) in [7, 11) is 0. The number of aromatic nitrogens is 4. The van der Waals surface area contributed by atoms with E-state index in [0.29, 0.717) is 6.04 Å². The van der Waals surface area contributed by atoms with Crippen LogP contribution in [-0.2, 0) is 6.54 Å². The molecule has 0 bridgehead atoms. The fourth-order valence-corrected chi connectivity index (χ4v) is 2.28. The average molecular weight is 229 g/mol. The highest BCUT2D eigenvalue weighted by Crippen LogP contribution is 2.21. The number of rotatable bonds is 3. The normalized spacial score (nSPS) is 20.8. The second-order valence-corrected chi connectivity index (χ2v) is 4.33. The third-order valence-electron chi connectivity index (χ3n) is 3.13. The fourth-order valence-electron chi connectivity index (χ4n) is 2.28. The van der Waals surface area contributed by atoms with Crippen molar-refractivity contribution >= 4 is 0 Å². The van der Waals surface area contributed by atoms with Gasteiger partial charge in [0.2, 0.25) is 0 Å². The van der Waals surface area contributed by atoms with E-state index in [1.807, 2.05) is 29.2 Å². The van der Waals surface area contributed by atoms with Crippen LogP contribution in [0.5, 0.6) is 0 Å². The Morgan fingerprint density at radius 3 is 2.82 bits per heavy atom. The van der Waals surface area contributed by atoms with Crippen molar-refractivity contribution in [3.05, 3.63) is 42.7 Å². The maximum atomic E-state index is 4.30. The molecule has 0 radical (unpaired) electrons. The summed E-state index contributed by atoms with van der Waals surface area (Å²) in [6.07, 6.45) is 8.61. The molecule has 1 saturated heterocycles. The fraction of sp³-hybridized carbons (Fsp3) is 0.417. The lowest BCUT2D eigenvalue weighted by atomic mass is 10.3. The highest BCUT2D eigenvalue weighted by atomic mass is 15.3. The molecule has 0 N–H and O–H groups in total. The van der Waals surface area contributed by atoms with Crippen molar-refractivity contribution in [2.45, 2.75) is 19.0 Å². The predicted octanol–water partition coefficient (Wildman–Crippen LogP) is 1.12. The first-order valence-corrected chi connectivity index (χ1v) is 5.89. The van der Waals surface area contributed by atoms with Gasteiger partial charge in [-0.15, -0.1) is 0 Å². The smallest absolute Gasteiger partial charge is 0.142 e. The number of likely N-dealkylation sites (tertiary alicyclic amines) is 1. The molecule has 3 heterocycles. The van der Waals surface area contributed by atoms with Gasteiger partial charge in [0, 0.05) is 37.9 Å². The van der Waals surface area contributed by atoms with Crippen LogP contribution in [0, 0.1) is 0 Å². The van der Waals surface area contributed by atoms with Gasteiger partial charge in [-0.25, -0.2) is 9.97 Å². The van der Waals surface area contributed by atoms with E-state index in [9.17, 15) is 0 Å². The van der Waals surface area contributed by atoms with Crippen LogP contribution in [0.25, 0.3) is 0 Å². The molecule has 1 unspecified atom stereocenters. The summed E-state index contributed by atoms with van der Waals surface area (Å²) < 4.78 is 2.05. The number of hydrogen-bond donors (Lipinski definition) is 0. The lowest BCUT2D eigenvalue weighted by Gasteiger charge is -2.14. The molecule has 0 aliphatic carbocycles. The lowest BCUT2D eigenvalue weighted by Crippen LogP contribution is -2.22. The zero-order chi connectivity index (χ0) is 11.5. The van der Waals surface area contributed by atoms with Gasteiger partial charge in [-0.2, -0.15) is 5.10 Å². The Bertz CT molecular complexity index is 453. The topological polar surface area (TPSA) is 46.8 Å². The molecule has 5 nitrogen and oxygen atoms in total. The molecule has 5 heteroatoms. The molecule has 88 valence electrons. The monoisotopic (exact) mass is 229 g/mol. The zero-order valence-electron chi connectivity index (χ0n) is 9.61. The van der Waals surface area contributed by atoms with Crippen LogP contribution in [0.1, 0.15) is 18.3 Å². The minimum atomic E-state index is 0.494. The summed E-state index contributed by atoms with van der Waals surface area (Å²) in [4.78, 5) is 10.9. The van der Waals surface area contributed by atoms with E-state index in [2.05, 4.69) is 20.0 Å². The highest BCUT2D eigenvalue weighted by Gasteiger charge is 2.24. The van der Waals surface area contributed by atoms with Gasteiger partial charge in [-0.3, -0.25) is 9.58 Å². The summed E-state index contributed by atoms with van der Waals surface area (Å²) in [6.45, 7) is 2.95. The van der Waals surface area contributed by atoms with Crippen molar-refractivity contribution < 1.29 is 0 Å².